The summed E-state index contributed by atoms with van der Waals surface area (Å²) in [5, 5.41) is 18.1. The molecule has 0 saturated carbocycles. The average Bonchev–Trinajstić information content (AvgIpc) is 2.38. The molecule has 0 spiro atoms. The highest BCUT2D eigenvalue weighted by atomic mass is 19.2. The zero-order chi connectivity index (χ0) is 14.4. The van der Waals surface area contributed by atoms with Crippen molar-refractivity contribution in [2.75, 3.05) is 18.0 Å². The van der Waals surface area contributed by atoms with Gasteiger partial charge in [0.05, 0.1) is 17.8 Å². The van der Waals surface area contributed by atoms with E-state index in [1.54, 1.807) is 6.07 Å². The Kier molecular flexibility index (Phi) is 6.37. The van der Waals surface area contributed by atoms with E-state index in [0.29, 0.717) is 25.0 Å². The number of fused-ring (bicyclic) bond motifs is 1. The minimum atomic E-state index is -1.46. The van der Waals surface area contributed by atoms with Gasteiger partial charge in [-0.2, -0.15) is 4.79 Å². The van der Waals surface area contributed by atoms with Crippen LogP contribution in [0.15, 0.2) is 29.2 Å². The van der Waals surface area contributed by atoms with E-state index in [0.717, 1.165) is 0 Å². The number of carboxylic acids is 1. The van der Waals surface area contributed by atoms with Crippen molar-refractivity contribution in [1.29, 1.82) is 0 Å². The van der Waals surface area contributed by atoms with Crippen LogP contribution in [-0.2, 0) is 0 Å². The molecule has 2 heterocycles. The number of hydrogen-bond donors (Lipinski definition) is 2. The van der Waals surface area contributed by atoms with Gasteiger partial charge < -0.3 is 31.5 Å². The number of halogens is 1. The molecule has 1 aromatic carbocycles. The smallest absolute Gasteiger partial charge is 0.341 e. The number of hydrogen-bond acceptors (Lipinski definition) is 4. The fourth-order valence-corrected chi connectivity index (χ4v) is 2.29. The quantitative estimate of drug-likeness (QED) is 0.653. The predicted octanol–water partition coefficient (Wildman–Crippen LogP) is -1.86. The first-order chi connectivity index (χ1) is 9.47. The Bertz CT molecular complexity index is 771. The molecule has 1 aliphatic heterocycles. The van der Waals surface area contributed by atoms with E-state index in [1.807, 2.05) is 4.90 Å². The summed E-state index contributed by atoms with van der Waals surface area (Å²) in [5.74, 6) is -1.46. The molecule has 128 valence electrons. The van der Waals surface area contributed by atoms with Gasteiger partial charge in [0.1, 0.15) is 5.56 Å². The van der Waals surface area contributed by atoms with Crippen molar-refractivity contribution in [3.05, 3.63) is 40.2 Å². The Morgan fingerprint density at radius 1 is 1.22 bits per heavy atom. The number of carboxylic acid groups (broad SMARTS) is 1. The van der Waals surface area contributed by atoms with Gasteiger partial charge in [-0.15, -0.1) is 0 Å². The van der Waals surface area contributed by atoms with Gasteiger partial charge in [-0.3, -0.25) is 4.79 Å². The highest BCUT2D eigenvalue weighted by Crippen LogP contribution is 2.25. The molecule has 1 fully saturated rings. The van der Waals surface area contributed by atoms with E-state index < -0.39 is 23.1 Å². The van der Waals surface area contributed by atoms with E-state index in [9.17, 15) is 19.2 Å². The molecule has 0 atom stereocenters. The zero-order valence-corrected chi connectivity index (χ0v) is 11.8. The molecule has 1 aliphatic rings. The molecule has 9 nitrogen and oxygen atoms in total. The number of aromatic carboxylic acids is 1. The molecule has 0 bridgehead atoms. The number of aliphatic hydroxyl groups excluding tert-OH is 1. The molecule has 0 radical (unpaired) electrons. The van der Waals surface area contributed by atoms with Crippen LogP contribution in [0.2, 0.25) is 0 Å². The lowest BCUT2D eigenvalue weighted by atomic mass is 10.1. The number of carbonyl (C=O) groups is 1. The lowest BCUT2D eigenvalue weighted by Gasteiger charge is -2.37. The maximum absolute atomic E-state index is 13.9. The van der Waals surface area contributed by atoms with Crippen LogP contribution in [-0.4, -0.2) is 56.6 Å². The van der Waals surface area contributed by atoms with Gasteiger partial charge >= 0.3 is 5.97 Å². The third kappa shape index (κ3) is 3.29. The van der Waals surface area contributed by atoms with Gasteiger partial charge in [0.2, 0.25) is 5.43 Å². The van der Waals surface area contributed by atoms with Crippen LogP contribution in [0, 0.1) is 0 Å². The largest absolute Gasteiger partial charge is 0.477 e. The van der Waals surface area contributed by atoms with Crippen molar-refractivity contribution < 1.29 is 35.9 Å². The third-order valence-corrected chi connectivity index (χ3v) is 3.40. The van der Waals surface area contributed by atoms with Crippen LogP contribution in [0.3, 0.4) is 0 Å². The van der Waals surface area contributed by atoms with Crippen LogP contribution < -0.4 is 10.3 Å². The molecule has 23 heavy (non-hydrogen) atoms. The van der Waals surface area contributed by atoms with Crippen molar-refractivity contribution in [2.24, 2.45) is 0 Å². The SMILES string of the molecule is O.O.O.O=C(O)c1cn(F)c2cc(N3CC(O)C3)ccc2c1=O. The minimum absolute atomic E-state index is 0. The molecule has 8 N–H and O–H groups in total. The number of nitrogens with zero attached hydrogens (tertiary/aromatic N) is 2. The second-order valence-electron chi connectivity index (χ2n) is 4.75. The maximum Gasteiger partial charge on any atom is 0.341 e. The highest BCUT2D eigenvalue weighted by Gasteiger charge is 2.25. The van der Waals surface area contributed by atoms with Crippen molar-refractivity contribution in [1.82, 2.24) is 4.79 Å². The molecule has 0 aliphatic carbocycles. The van der Waals surface area contributed by atoms with Crippen molar-refractivity contribution in [2.45, 2.75) is 6.10 Å². The van der Waals surface area contributed by atoms with E-state index >= 15 is 0 Å². The highest BCUT2D eigenvalue weighted by molar-refractivity contribution is 5.93. The Morgan fingerprint density at radius 2 is 1.83 bits per heavy atom. The molecule has 2 aromatic rings. The van der Waals surface area contributed by atoms with E-state index in [2.05, 4.69) is 0 Å². The van der Waals surface area contributed by atoms with Gasteiger partial charge in [-0.1, -0.05) is 4.48 Å². The number of aromatic nitrogens is 1. The summed E-state index contributed by atoms with van der Waals surface area (Å²) in [6, 6.07) is 4.48. The number of anilines is 1. The Hall–Kier alpha value is -2.53. The molecule has 3 rings (SSSR count). The Balaban J connectivity index is 0.00000161. The number of pyridine rings is 1. The van der Waals surface area contributed by atoms with E-state index in [4.69, 9.17) is 5.11 Å². The summed E-state index contributed by atoms with van der Waals surface area (Å²) >= 11 is 0. The van der Waals surface area contributed by atoms with Crippen LogP contribution in [0.1, 0.15) is 10.4 Å². The molecule has 0 unspecified atom stereocenters. The summed E-state index contributed by atoms with van der Waals surface area (Å²) in [6.07, 6.45) is 0.273. The summed E-state index contributed by atoms with van der Waals surface area (Å²) in [4.78, 5) is 24.8. The first-order valence-electron chi connectivity index (χ1n) is 5.99. The van der Waals surface area contributed by atoms with Crippen molar-refractivity contribution in [3.8, 4) is 0 Å². The normalized spacial score (nSPS) is 13.4. The van der Waals surface area contributed by atoms with Crippen LogP contribution in [0.5, 0.6) is 0 Å². The summed E-state index contributed by atoms with van der Waals surface area (Å²) in [5.41, 5.74) is -0.626. The average molecular weight is 332 g/mol. The van der Waals surface area contributed by atoms with Crippen LogP contribution in [0.4, 0.5) is 10.2 Å². The number of benzene rings is 1. The lowest BCUT2D eigenvalue weighted by Crippen LogP contribution is -2.50. The molecule has 1 aromatic heterocycles. The van der Waals surface area contributed by atoms with Crippen LogP contribution in [0.25, 0.3) is 10.9 Å². The predicted molar refractivity (Wildman–Crippen MR) is 80.7 cm³/mol. The Morgan fingerprint density at radius 3 is 2.35 bits per heavy atom. The van der Waals surface area contributed by atoms with Gasteiger partial charge in [-0.05, 0) is 18.2 Å². The zero-order valence-electron chi connectivity index (χ0n) is 11.8. The topological polar surface area (TPSA) is 177 Å². The number of aliphatic hydroxyl groups is 1. The first-order valence-corrected chi connectivity index (χ1v) is 5.99. The molecule has 0 amide bonds. The molecule has 1 saturated heterocycles. The lowest BCUT2D eigenvalue weighted by molar-refractivity contribution is 0.0693. The minimum Gasteiger partial charge on any atom is -0.477 e. The Labute approximate surface area is 128 Å². The first kappa shape index (κ1) is 20.5. The van der Waals surface area contributed by atoms with E-state index in [-0.39, 0.29) is 32.1 Å². The monoisotopic (exact) mass is 332 g/mol. The molecular weight excluding hydrogens is 315 g/mol. The van der Waals surface area contributed by atoms with Crippen molar-refractivity contribution >= 4 is 22.6 Å². The fourth-order valence-electron chi connectivity index (χ4n) is 2.29. The number of β-amino-alcohol motifs (C(OH)–C–C–N with tert-alkyl or cyclic N) is 1. The fraction of sp³-hybridized carbons (Fsp3) is 0.231. The molecule has 10 heteroatoms. The van der Waals surface area contributed by atoms with Gasteiger partial charge in [-0.25, -0.2) is 4.79 Å². The van der Waals surface area contributed by atoms with E-state index in [1.165, 1.54) is 12.1 Å². The third-order valence-electron chi connectivity index (χ3n) is 3.40. The second kappa shape index (κ2) is 7.15. The van der Waals surface area contributed by atoms with Crippen LogP contribution >= 0.6 is 0 Å². The second-order valence-corrected chi connectivity index (χ2v) is 4.75. The summed E-state index contributed by atoms with van der Waals surface area (Å²) in [6.45, 7) is 0.907. The number of rotatable bonds is 2. The summed E-state index contributed by atoms with van der Waals surface area (Å²) < 4.78 is 13.9. The van der Waals surface area contributed by atoms with Crippen molar-refractivity contribution in [3.63, 3.8) is 0 Å². The maximum atomic E-state index is 13.9. The summed E-state index contributed by atoms with van der Waals surface area (Å²) in [7, 11) is 0. The van der Waals surface area contributed by atoms with Gasteiger partial charge in [0, 0.05) is 24.2 Å². The van der Waals surface area contributed by atoms with Gasteiger partial charge in [0.15, 0.2) is 0 Å². The van der Waals surface area contributed by atoms with Gasteiger partial charge in [0.25, 0.3) is 0 Å². The molecular formula is C13H17FN2O7. The standard InChI is InChI=1S/C13H11FN2O4.3H2O/c14-16-6-10(13(19)20)12(18)9-2-1-7(3-11(9)16)15-4-8(17)5-15;;;/h1-3,6,8,17H,4-5H2,(H,19,20);3*1H2.